The van der Waals surface area contributed by atoms with Crippen LogP contribution in [0.5, 0.6) is 0 Å². The minimum atomic E-state index is -0.761. The molecule has 0 heterocycles. The van der Waals surface area contributed by atoms with E-state index in [2.05, 4.69) is 34.6 Å². The lowest BCUT2D eigenvalue weighted by molar-refractivity contribution is -0.167. The molecule has 0 N–H and O–H groups in total. The number of ether oxygens (including phenoxy) is 3. The summed E-state index contributed by atoms with van der Waals surface area (Å²) in [4.78, 5) is 37.9. The van der Waals surface area contributed by atoms with E-state index in [1.807, 2.05) is 0 Å². The van der Waals surface area contributed by atoms with Gasteiger partial charge in [-0.3, -0.25) is 14.4 Å². The van der Waals surface area contributed by atoms with Gasteiger partial charge in [0.15, 0.2) is 6.10 Å². The maximum atomic E-state index is 12.8. The molecule has 0 aliphatic carbocycles. The van der Waals surface area contributed by atoms with Gasteiger partial charge in [-0.15, -0.1) is 0 Å². The van der Waals surface area contributed by atoms with Crippen LogP contribution in [-0.2, 0) is 28.6 Å². The van der Waals surface area contributed by atoms with Gasteiger partial charge in [-0.05, 0) is 31.1 Å². The third-order valence-corrected chi connectivity index (χ3v) is 11.5. The van der Waals surface area contributed by atoms with Crippen molar-refractivity contribution in [3.8, 4) is 0 Å². The molecule has 0 aromatic heterocycles. The van der Waals surface area contributed by atoms with E-state index in [1.165, 1.54) is 167 Å². The average molecular weight is 807 g/mol. The predicted octanol–water partition coefficient (Wildman–Crippen LogP) is 16.1. The Balaban J connectivity index is 4.32. The van der Waals surface area contributed by atoms with Crippen LogP contribution < -0.4 is 0 Å². The number of hydrogen-bond donors (Lipinski definition) is 0. The summed E-state index contributed by atoms with van der Waals surface area (Å²) in [5.74, 6) is 0.785. The van der Waals surface area contributed by atoms with Gasteiger partial charge in [-0.2, -0.15) is 0 Å². The van der Waals surface area contributed by atoms with Crippen molar-refractivity contribution in [1.82, 2.24) is 0 Å². The normalized spacial score (nSPS) is 12.1. The average Bonchev–Trinajstić information content (AvgIpc) is 3.18. The molecule has 0 aliphatic rings. The third-order valence-electron chi connectivity index (χ3n) is 11.5. The summed E-state index contributed by atoms with van der Waals surface area (Å²) in [6.45, 7) is 11.3. The first-order valence-corrected chi connectivity index (χ1v) is 25.2. The van der Waals surface area contributed by atoms with Gasteiger partial charge in [0.2, 0.25) is 0 Å². The van der Waals surface area contributed by atoms with Crippen molar-refractivity contribution in [2.75, 3.05) is 13.2 Å². The molecule has 6 heteroatoms. The molecule has 57 heavy (non-hydrogen) atoms. The Kier molecular flexibility index (Phi) is 42.7. The fourth-order valence-electron chi connectivity index (χ4n) is 7.64. The van der Waals surface area contributed by atoms with Crippen LogP contribution in [0.1, 0.15) is 279 Å². The Labute approximate surface area is 355 Å². The third kappa shape index (κ3) is 45.3. The second-order valence-electron chi connectivity index (χ2n) is 18.4. The van der Waals surface area contributed by atoms with Crippen LogP contribution in [0.25, 0.3) is 0 Å². The molecule has 0 aliphatic heterocycles. The van der Waals surface area contributed by atoms with E-state index in [1.54, 1.807) is 0 Å². The Morgan fingerprint density at radius 3 is 0.860 bits per heavy atom. The van der Waals surface area contributed by atoms with Gasteiger partial charge >= 0.3 is 17.9 Å². The highest BCUT2D eigenvalue weighted by Gasteiger charge is 2.19. The Morgan fingerprint density at radius 1 is 0.333 bits per heavy atom. The van der Waals surface area contributed by atoms with Crippen molar-refractivity contribution in [2.24, 2.45) is 11.8 Å². The van der Waals surface area contributed by atoms with E-state index in [0.29, 0.717) is 19.3 Å². The summed E-state index contributed by atoms with van der Waals surface area (Å²) < 4.78 is 16.8. The zero-order valence-corrected chi connectivity index (χ0v) is 39.0. The largest absolute Gasteiger partial charge is 0.462 e. The van der Waals surface area contributed by atoms with Crippen LogP contribution in [0.3, 0.4) is 0 Å². The van der Waals surface area contributed by atoms with E-state index in [9.17, 15) is 14.4 Å². The number of rotatable bonds is 45. The fraction of sp³-hybridized carbons (Fsp3) is 0.941. The number of carbonyl (C=O) groups is 3. The number of esters is 3. The first-order chi connectivity index (χ1) is 27.7. The maximum absolute atomic E-state index is 12.8. The highest BCUT2D eigenvalue weighted by molar-refractivity contribution is 5.71. The molecule has 338 valence electrons. The first kappa shape index (κ1) is 55.4. The standard InChI is InChI=1S/C51H98O6/c1-6-7-8-9-10-11-12-13-16-22-28-33-38-43-51(54)57-48(45-56-50(53)42-37-32-27-23-18-20-25-30-35-40-47(4)5)44-55-49(52)41-36-31-26-21-17-14-15-19-24-29-34-39-46(2)3/h46-48H,6-45H2,1-5H3/t48-/m1/s1. The summed E-state index contributed by atoms with van der Waals surface area (Å²) in [6, 6.07) is 0. The highest BCUT2D eigenvalue weighted by atomic mass is 16.6. The van der Waals surface area contributed by atoms with Gasteiger partial charge in [-0.25, -0.2) is 0 Å². The Morgan fingerprint density at radius 2 is 0.579 bits per heavy atom. The summed E-state index contributed by atoms with van der Waals surface area (Å²) in [7, 11) is 0. The van der Waals surface area contributed by atoms with Crippen LogP contribution in [-0.4, -0.2) is 37.2 Å². The molecule has 0 aromatic rings. The Bertz CT molecular complexity index is 870. The van der Waals surface area contributed by atoms with Gasteiger partial charge in [0.25, 0.3) is 0 Å². The molecule has 0 saturated heterocycles. The highest BCUT2D eigenvalue weighted by Crippen LogP contribution is 2.17. The van der Waals surface area contributed by atoms with Crippen LogP contribution in [0, 0.1) is 11.8 Å². The molecule has 0 aromatic carbocycles. The lowest BCUT2D eigenvalue weighted by Crippen LogP contribution is -2.30. The van der Waals surface area contributed by atoms with Crippen molar-refractivity contribution in [3.63, 3.8) is 0 Å². The van der Waals surface area contributed by atoms with Crippen LogP contribution in [0.2, 0.25) is 0 Å². The molecule has 0 fully saturated rings. The van der Waals surface area contributed by atoms with Crippen LogP contribution >= 0.6 is 0 Å². The zero-order chi connectivity index (χ0) is 41.9. The van der Waals surface area contributed by atoms with Crippen molar-refractivity contribution in [3.05, 3.63) is 0 Å². The molecule has 1 atom stereocenters. The van der Waals surface area contributed by atoms with Crippen molar-refractivity contribution < 1.29 is 28.6 Å². The van der Waals surface area contributed by atoms with Gasteiger partial charge < -0.3 is 14.2 Å². The van der Waals surface area contributed by atoms with Crippen molar-refractivity contribution >= 4 is 17.9 Å². The molecule has 6 nitrogen and oxygen atoms in total. The molecule has 0 saturated carbocycles. The predicted molar refractivity (Wildman–Crippen MR) is 243 cm³/mol. The van der Waals surface area contributed by atoms with Gasteiger partial charge in [0, 0.05) is 19.3 Å². The first-order valence-electron chi connectivity index (χ1n) is 25.2. The minimum absolute atomic E-state index is 0.0641. The molecule has 0 rings (SSSR count). The van der Waals surface area contributed by atoms with E-state index in [4.69, 9.17) is 14.2 Å². The van der Waals surface area contributed by atoms with E-state index >= 15 is 0 Å². The smallest absolute Gasteiger partial charge is 0.306 e. The summed E-state index contributed by atoms with van der Waals surface area (Å²) in [6.07, 6.45) is 43.7. The van der Waals surface area contributed by atoms with E-state index < -0.39 is 6.10 Å². The fourth-order valence-corrected chi connectivity index (χ4v) is 7.64. The summed E-state index contributed by atoms with van der Waals surface area (Å²) in [5, 5.41) is 0. The lowest BCUT2D eigenvalue weighted by atomic mass is 10.0. The number of carbonyl (C=O) groups excluding carboxylic acids is 3. The molecule has 0 bridgehead atoms. The Hall–Kier alpha value is -1.59. The summed E-state index contributed by atoms with van der Waals surface area (Å²) in [5.41, 5.74) is 0. The monoisotopic (exact) mass is 807 g/mol. The molecular formula is C51H98O6. The quantitative estimate of drug-likeness (QED) is 0.0346. The van der Waals surface area contributed by atoms with Gasteiger partial charge in [-0.1, -0.05) is 240 Å². The molecule has 0 radical (unpaired) electrons. The van der Waals surface area contributed by atoms with Gasteiger partial charge in [0.05, 0.1) is 0 Å². The summed E-state index contributed by atoms with van der Waals surface area (Å²) >= 11 is 0. The molecule has 0 unspecified atom stereocenters. The SMILES string of the molecule is CCCCCCCCCCCCCCCC(=O)O[C@H](COC(=O)CCCCCCCCCCCCCC(C)C)COC(=O)CCCCCCCCCCCC(C)C. The van der Waals surface area contributed by atoms with E-state index in [-0.39, 0.29) is 31.1 Å². The lowest BCUT2D eigenvalue weighted by Gasteiger charge is -2.18. The zero-order valence-electron chi connectivity index (χ0n) is 39.0. The van der Waals surface area contributed by atoms with Crippen molar-refractivity contribution in [2.45, 2.75) is 285 Å². The molecular weight excluding hydrogens is 709 g/mol. The van der Waals surface area contributed by atoms with Crippen LogP contribution in [0.4, 0.5) is 0 Å². The molecule has 0 amide bonds. The van der Waals surface area contributed by atoms with E-state index in [0.717, 1.165) is 69.6 Å². The van der Waals surface area contributed by atoms with Crippen LogP contribution in [0.15, 0.2) is 0 Å². The number of unbranched alkanes of at least 4 members (excludes halogenated alkanes) is 30. The second-order valence-corrected chi connectivity index (χ2v) is 18.4. The van der Waals surface area contributed by atoms with Gasteiger partial charge in [0.1, 0.15) is 13.2 Å². The minimum Gasteiger partial charge on any atom is -0.462 e. The topological polar surface area (TPSA) is 78.9 Å². The molecule has 0 spiro atoms. The second kappa shape index (κ2) is 44.0. The maximum Gasteiger partial charge on any atom is 0.306 e. The van der Waals surface area contributed by atoms with Crippen molar-refractivity contribution in [1.29, 1.82) is 0 Å². The number of hydrogen-bond acceptors (Lipinski definition) is 6.